The molecule has 0 fully saturated rings. The van der Waals surface area contributed by atoms with Crippen LogP contribution in [0.15, 0.2) is 67.4 Å². The molecule has 0 N–H and O–H groups in total. The number of rotatable bonds is 2. The highest BCUT2D eigenvalue weighted by Crippen LogP contribution is 2.03. The Morgan fingerprint density at radius 2 is 1.37 bits per heavy atom. The highest BCUT2D eigenvalue weighted by atomic mass is 15.2. The minimum atomic E-state index is 0.664. The van der Waals surface area contributed by atoms with Gasteiger partial charge in [0, 0.05) is 4.98 Å². The Balaban J connectivity index is 2.12. The van der Waals surface area contributed by atoms with Crippen molar-refractivity contribution < 1.29 is 9.13 Å². The molecule has 0 aliphatic rings. The Morgan fingerprint density at radius 3 is 2.00 bits per heavy atom. The van der Waals surface area contributed by atoms with E-state index in [1.165, 1.54) is 0 Å². The monoisotopic (exact) mass is 250 g/mol. The summed E-state index contributed by atoms with van der Waals surface area (Å²) in [5.74, 6) is 1.56. The van der Waals surface area contributed by atoms with E-state index in [-0.39, 0.29) is 0 Å². The second kappa shape index (κ2) is 4.94. The molecule has 0 unspecified atom stereocenters. The Labute approximate surface area is 111 Å². The van der Waals surface area contributed by atoms with Crippen molar-refractivity contribution in [2.24, 2.45) is 0 Å². The van der Waals surface area contributed by atoms with Crippen molar-refractivity contribution in [2.45, 2.75) is 6.92 Å². The smallest absolute Gasteiger partial charge is 0.203 e. The van der Waals surface area contributed by atoms with Gasteiger partial charge in [0.15, 0.2) is 0 Å². The van der Waals surface area contributed by atoms with E-state index >= 15 is 0 Å². The molecule has 0 saturated carbocycles. The lowest BCUT2D eigenvalue weighted by Gasteiger charge is -1.98. The Kier molecular flexibility index (Phi) is 2.98. The van der Waals surface area contributed by atoms with E-state index in [9.17, 15) is 0 Å². The minimum absolute atomic E-state index is 0.664. The fourth-order valence-electron chi connectivity index (χ4n) is 1.88. The molecule has 4 heteroatoms. The van der Waals surface area contributed by atoms with Crippen LogP contribution in [0.1, 0.15) is 5.56 Å². The maximum Gasteiger partial charge on any atom is 0.477 e. The zero-order valence-electron chi connectivity index (χ0n) is 10.6. The SMILES string of the molecule is Cc1cnc(-[n+]2ccccc2)nc1-[n+]1ccccc1. The topological polar surface area (TPSA) is 33.5 Å². The number of nitrogens with zero attached hydrogens (tertiary/aromatic N) is 4. The van der Waals surface area contributed by atoms with Crippen LogP contribution >= 0.6 is 0 Å². The Hall–Kier alpha value is -2.62. The number of hydrogen-bond acceptors (Lipinski definition) is 2. The maximum absolute atomic E-state index is 4.63. The van der Waals surface area contributed by atoms with Crippen molar-refractivity contribution in [1.82, 2.24) is 9.97 Å². The molecule has 92 valence electrons. The molecule has 0 radical (unpaired) electrons. The summed E-state index contributed by atoms with van der Waals surface area (Å²) in [6, 6.07) is 11.8. The van der Waals surface area contributed by atoms with E-state index < -0.39 is 0 Å². The first-order valence-corrected chi connectivity index (χ1v) is 6.11. The third kappa shape index (κ3) is 2.33. The number of pyridine rings is 2. The van der Waals surface area contributed by atoms with E-state index in [1.807, 2.05) is 83.4 Å². The molecular weight excluding hydrogens is 236 g/mol. The summed E-state index contributed by atoms with van der Waals surface area (Å²) in [6.45, 7) is 2.01. The predicted octanol–water partition coefficient (Wildman–Crippen LogP) is 1.34. The summed E-state index contributed by atoms with van der Waals surface area (Å²) in [5.41, 5.74) is 1.04. The maximum atomic E-state index is 4.63. The second-order valence-corrected chi connectivity index (χ2v) is 4.24. The van der Waals surface area contributed by atoms with Crippen molar-refractivity contribution in [2.75, 3.05) is 0 Å². The molecule has 0 saturated heterocycles. The first-order valence-electron chi connectivity index (χ1n) is 6.11. The predicted molar refractivity (Wildman–Crippen MR) is 69.8 cm³/mol. The number of aromatic nitrogens is 4. The second-order valence-electron chi connectivity index (χ2n) is 4.24. The third-order valence-corrected chi connectivity index (χ3v) is 2.84. The summed E-state index contributed by atoms with van der Waals surface area (Å²) in [5, 5.41) is 0. The van der Waals surface area contributed by atoms with Gasteiger partial charge >= 0.3 is 11.8 Å². The van der Waals surface area contributed by atoms with Crippen molar-refractivity contribution in [3.63, 3.8) is 0 Å². The van der Waals surface area contributed by atoms with Crippen LogP contribution in [0.25, 0.3) is 11.8 Å². The van der Waals surface area contributed by atoms with E-state index in [4.69, 9.17) is 0 Å². The molecule has 0 spiro atoms. The molecule has 0 bridgehead atoms. The van der Waals surface area contributed by atoms with Crippen LogP contribution in [-0.2, 0) is 0 Å². The fraction of sp³-hybridized carbons (Fsp3) is 0.0667. The van der Waals surface area contributed by atoms with Gasteiger partial charge in [-0.3, -0.25) is 0 Å². The molecule has 0 amide bonds. The van der Waals surface area contributed by atoms with Crippen LogP contribution in [0.3, 0.4) is 0 Å². The molecule has 3 rings (SSSR count). The highest BCUT2D eigenvalue weighted by molar-refractivity contribution is 5.23. The molecule has 19 heavy (non-hydrogen) atoms. The largest absolute Gasteiger partial charge is 0.477 e. The van der Waals surface area contributed by atoms with E-state index in [1.54, 1.807) is 0 Å². The van der Waals surface area contributed by atoms with Gasteiger partial charge in [0.25, 0.3) is 0 Å². The van der Waals surface area contributed by atoms with Gasteiger partial charge < -0.3 is 0 Å². The zero-order chi connectivity index (χ0) is 13.1. The summed E-state index contributed by atoms with van der Waals surface area (Å²) >= 11 is 0. The molecule has 3 heterocycles. The molecule has 0 aliphatic heterocycles. The lowest BCUT2D eigenvalue weighted by molar-refractivity contribution is -0.614. The van der Waals surface area contributed by atoms with Crippen LogP contribution in [0.5, 0.6) is 0 Å². The third-order valence-electron chi connectivity index (χ3n) is 2.84. The van der Waals surface area contributed by atoms with E-state index in [0.29, 0.717) is 5.95 Å². The molecule has 0 atom stereocenters. The molecule has 3 aromatic heterocycles. The van der Waals surface area contributed by atoms with Crippen LogP contribution in [0.4, 0.5) is 0 Å². The van der Waals surface area contributed by atoms with Gasteiger partial charge in [-0.15, -0.1) is 0 Å². The van der Waals surface area contributed by atoms with Gasteiger partial charge in [0.05, 0.1) is 30.4 Å². The zero-order valence-corrected chi connectivity index (χ0v) is 10.6. The minimum Gasteiger partial charge on any atom is -0.203 e. The number of hydrogen-bond donors (Lipinski definition) is 0. The molecule has 0 aliphatic carbocycles. The van der Waals surface area contributed by atoms with E-state index in [0.717, 1.165) is 11.4 Å². The molecule has 4 nitrogen and oxygen atoms in total. The molecule has 0 aromatic carbocycles. The Morgan fingerprint density at radius 1 is 0.789 bits per heavy atom. The van der Waals surface area contributed by atoms with Crippen molar-refractivity contribution in [3.05, 3.63) is 72.9 Å². The van der Waals surface area contributed by atoms with Crippen LogP contribution in [0.2, 0.25) is 0 Å². The first kappa shape index (κ1) is 11.5. The summed E-state index contributed by atoms with van der Waals surface area (Å²) in [4.78, 5) is 9.00. The summed E-state index contributed by atoms with van der Waals surface area (Å²) in [7, 11) is 0. The quantitative estimate of drug-likeness (QED) is 0.643. The van der Waals surface area contributed by atoms with Crippen LogP contribution < -0.4 is 9.13 Å². The lowest BCUT2D eigenvalue weighted by Crippen LogP contribution is -2.37. The highest BCUT2D eigenvalue weighted by Gasteiger charge is 2.19. The van der Waals surface area contributed by atoms with Crippen molar-refractivity contribution in [1.29, 1.82) is 0 Å². The van der Waals surface area contributed by atoms with Crippen molar-refractivity contribution in [3.8, 4) is 11.8 Å². The van der Waals surface area contributed by atoms with E-state index in [2.05, 4.69) is 9.97 Å². The first-order chi connectivity index (χ1) is 9.34. The Bertz CT molecular complexity index is 681. The van der Waals surface area contributed by atoms with Gasteiger partial charge in [-0.1, -0.05) is 17.1 Å². The average molecular weight is 250 g/mol. The van der Waals surface area contributed by atoms with Crippen LogP contribution in [-0.4, -0.2) is 9.97 Å². The van der Waals surface area contributed by atoms with Gasteiger partial charge in [0.2, 0.25) is 0 Å². The standard InChI is InChI=1S/C15H14N4/c1-13-12-16-15(19-10-6-3-7-11-19)17-14(13)18-8-4-2-5-9-18/h2-12H,1H3/q+2. The average Bonchev–Trinajstić information content (AvgIpc) is 2.49. The molecular formula is C15H14N4+2. The van der Waals surface area contributed by atoms with Gasteiger partial charge in [-0.05, 0) is 31.2 Å². The van der Waals surface area contributed by atoms with Gasteiger partial charge in [0.1, 0.15) is 6.20 Å². The summed E-state index contributed by atoms with van der Waals surface area (Å²) < 4.78 is 3.89. The normalized spacial score (nSPS) is 10.4. The van der Waals surface area contributed by atoms with Gasteiger partial charge in [-0.25, -0.2) is 4.57 Å². The van der Waals surface area contributed by atoms with Crippen LogP contribution in [0, 0.1) is 6.92 Å². The lowest BCUT2D eigenvalue weighted by atomic mass is 10.3. The van der Waals surface area contributed by atoms with Crippen molar-refractivity contribution >= 4 is 0 Å². The number of aryl methyl sites for hydroxylation is 1. The summed E-state index contributed by atoms with van der Waals surface area (Å²) in [6.07, 6.45) is 9.68. The molecule has 3 aromatic rings. The fourth-order valence-corrected chi connectivity index (χ4v) is 1.88. The van der Waals surface area contributed by atoms with Gasteiger partial charge in [-0.2, -0.15) is 4.57 Å².